The lowest BCUT2D eigenvalue weighted by Gasteiger charge is -2.29. The van der Waals surface area contributed by atoms with Gasteiger partial charge in [0, 0.05) is 19.5 Å². The standard InChI is InChI=1S/C17H25N3O6S/c1-3-15(21)18-19-16(12-17(22)20-8-10-26-11-9-20)27(23,24)14-7-5-4-6-13(14)25-2/h4-7,16,19H,3,8-12H2,1-2H3,(H,18,21). The lowest BCUT2D eigenvalue weighted by Crippen LogP contribution is -2.51. The molecule has 0 bridgehead atoms. The summed E-state index contributed by atoms with van der Waals surface area (Å²) in [5.41, 5.74) is 4.86. The molecule has 0 saturated carbocycles. The summed E-state index contributed by atoms with van der Waals surface area (Å²) in [6.45, 7) is 3.27. The number of benzene rings is 1. The Morgan fingerprint density at radius 3 is 2.56 bits per heavy atom. The molecule has 9 nitrogen and oxygen atoms in total. The van der Waals surface area contributed by atoms with Gasteiger partial charge in [-0.05, 0) is 12.1 Å². The van der Waals surface area contributed by atoms with Crippen molar-refractivity contribution in [3.8, 4) is 5.75 Å². The molecule has 0 aliphatic carbocycles. The Kier molecular flexibility index (Phi) is 7.57. The first-order valence-electron chi connectivity index (χ1n) is 8.67. The van der Waals surface area contributed by atoms with Crippen molar-refractivity contribution in [1.82, 2.24) is 15.8 Å². The third-order valence-electron chi connectivity index (χ3n) is 4.17. The number of hydrazine groups is 1. The van der Waals surface area contributed by atoms with Crippen LogP contribution in [0.2, 0.25) is 0 Å². The second-order valence-electron chi connectivity index (χ2n) is 5.93. The minimum atomic E-state index is -4.01. The number of methoxy groups -OCH3 is 1. The molecular weight excluding hydrogens is 374 g/mol. The first kappa shape index (κ1) is 21.1. The van der Waals surface area contributed by atoms with Gasteiger partial charge >= 0.3 is 0 Å². The molecular formula is C17H25N3O6S. The molecule has 2 amide bonds. The van der Waals surface area contributed by atoms with E-state index in [1.54, 1.807) is 24.0 Å². The van der Waals surface area contributed by atoms with Crippen LogP contribution < -0.4 is 15.6 Å². The molecule has 1 heterocycles. The molecule has 2 rings (SSSR count). The topological polar surface area (TPSA) is 114 Å². The molecule has 1 unspecified atom stereocenters. The van der Waals surface area contributed by atoms with Crippen LogP contribution in [0.5, 0.6) is 5.75 Å². The fraction of sp³-hybridized carbons (Fsp3) is 0.529. The maximum absolute atomic E-state index is 13.1. The number of para-hydroxylation sites is 1. The third-order valence-corrected chi connectivity index (χ3v) is 6.15. The largest absolute Gasteiger partial charge is 0.495 e. The van der Waals surface area contributed by atoms with E-state index in [1.165, 1.54) is 19.2 Å². The van der Waals surface area contributed by atoms with E-state index >= 15 is 0 Å². The Bertz CT molecular complexity index is 762. The fourth-order valence-electron chi connectivity index (χ4n) is 2.60. The van der Waals surface area contributed by atoms with E-state index in [-0.39, 0.29) is 35.3 Å². The third kappa shape index (κ3) is 5.41. The summed E-state index contributed by atoms with van der Waals surface area (Å²) in [7, 11) is -2.64. The summed E-state index contributed by atoms with van der Waals surface area (Å²) in [5.74, 6) is -0.543. The van der Waals surface area contributed by atoms with Gasteiger partial charge in [0.05, 0.1) is 26.7 Å². The number of nitrogens with one attached hydrogen (secondary N) is 2. The molecule has 27 heavy (non-hydrogen) atoms. The molecule has 1 atom stereocenters. The maximum atomic E-state index is 13.1. The number of amides is 2. The van der Waals surface area contributed by atoms with Crippen molar-refractivity contribution in [1.29, 1.82) is 0 Å². The van der Waals surface area contributed by atoms with Gasteiger partial charge in [-0.25, -0.2) is 13.8 Å². The fourth-order valence-corrected chi connectivity index (χ4v) is 4.18. The second-order valence-corrected chi connectivity index (χ2v) is 8.03. The Morgan fingerprint density at radius 1 is 1.26 bits per heavy atom. The smallest absolute Gasteiger partial charge is 0.233 e. The monoisotopic (exact) mass is 399 g/mol. The first-order chi connectivity index (χ1) is 12.9. The zero-order valence-electron chi connectivity index (χ0n) is 15.4. The molecule has 0 aromatic heterocycles. The lowest BCUT2D eigenvalue weighted by atomic mass is 10.3. The molecule has 1 fully saturated rings. The highest BCUT2D eigenvalue weighted by atomic mass is 32.2. The average Bonchev–Trinajstić information content (AvgIpc) is 2.70. The van der Waals surface area contributed by atoms with E-state index in [4.69, 9.17) is 9.47 Å². The van der Waals surface area contributed by atoms with Crippen molar-refractivity contribution in [3.63, 3.8) is 0 Å². The molecule has 0 spiro atoms. The van der Waals surface area contributed by atoms with Crippen LogP contribution in [0.25, 0.3) is 0 Å². The van der Waals surface area contributed by atoms with Crippen LogP contribution in [0.15, 0.2) is 29.2 Å². The van der Waals surface area contributed by atoms with Crippen LogP contribution in [0.4, 0.5) is 0 Å². The minimum Gasteiger partial charge on any atom is -0.495 e. The predicted octanol–water partition coefficient (Wildman–Crippen LogP) is 0.0747. The Labute approximate surface area is 158 Å². The number of carbonyl (C=O) groups excluding carboxylic acids is 2. The number of sulfone groups is 1. The van der Waals surface area contributed by atoms with Crippen LogP contribution in [-0.4, -0.2) is 63.9 Å². The van der Waals surface area contributed by atoms with Gasteiger partial charge in [0.25, 0.3) is 0 Å². The molecule has 2 N–H and O–H groups in total. The summed E-state index contributed by atoms with van der Waals surface area (Å²) < 4.78 is 36.6. The first-order valence-corrected chi connectivity index (χ1v) is 10.2. The summed E-state index contributed by atoms with van der Waals surface area (Å²) in [5, 5.41) is -1.33. The van der Waals surface area contributed by atoms with Crippen molar-refractivity contribution in [2.45, 2.75) is 30.0 Å². The van der Waals surface area contributed by atoms with Gasteiger partial charge in [-0.15, -0.1) is 0 Å². The second kappa shape index (κ2) is 9.67. The van der Waals surface area contributed by atoms with E-state index < -0.39 is 15.2 Å². The number of carbonyl (C=O) groups is 2. The number of hydrogen-bond acceptors (Lipinski definition) is 7. The van der Waals surface area contributed by atoms with Crippen molar-refractivity contribution < 1.29 is 27.5 Å². The molecule has 1 aliphatic rings. The lowest BCUT2D eigenvalue weighted by molar-refractivity contribution is -0.135. The van der Waals surface area contributed by atoms with Crippen LogP contribution in [-0.2, 0) is 24.2 Å². The number of rotatable bonds is 8. The van der Waals surface area contributed by atoms with Crippen LogP contribution in [0, 0.1) is 0 Å². The molecule has 1 aromatic carbocycles. The number of ether oxygens (including phenoxy) is 2. The van der Waals surface area contributed by atoms with Crippen LogP contribution in [0.3, 0.4) is 0 Å². The van der Waals surface area contributed by atoms with Crippen LogP contribution >= 0.6 is 0 Å². The van der Waals surface area contributed by atoms with Gasteiger partial charge in [0.15, 0.2) is 9.84 Å². The van der Waals surface area contributed by atoms with Gasteiger partial charge in [0.2, 0.25) is 11.8 Å². The van der Waals surface area contributed by atoms with E-state index in [2.05, 4.69) is 10.9 Å². The van der Waals surface area contributed by atoms with Crippen molar-refractivity contribution >= 4 is 21.7 Å². The highest BCUT2D eigenvalue weighted by molar-refractivity contribution is 7.92. The Balaban J connectivity index is 2.27. The molecule has 1 saturated heterocycles. The summed E-state index contributed by atoms with van der Waals surface area (Å²) in [6, 6.07) is 6.15. The summed E-state index contributed by atoms with van der Waals surface area (Å²) in [6.07, 6.45) is -0.157. The van der Waals surface area contributed by atoms with Gasteiger partial charge in [0.1, 0.15) is 16.0 Å². The number of hydrogen-bond donors (Lipinski definition) is 2. The normalized spacial score (nSPS) is 15.9. The van der Waals surface area contributed by atoms with Gasteiger partial charge < -0.3 is 14.4 Å². The quantitative estimate of drug-likeness (QED) is 0.595. The molecule has 10 heteroatoms. The average molecular weight is 399 g/mol. The molecule has 1 aromatic rings. The highest BCUT2D eigenvalue weighted by Gasteiger charge is 2.34. The van der Waals surface area contributed by atoms with Gasteiger partial charge in [-0.1, -0.05) is 19.1 Å². The van der Waals surface area contributed by atoms with Crippen molar-refractivity contribution in [2.75, 3.05) is 33.4 Å². The predicted molar refractivity (Wildman–Crippen MR) is 97.6 cm³/mol. The minimum absolute atomic E-state index is 0.0504. The molecule has 150 valence electrons. The van der Waals surface area contributed by atoms with Crippen LogP contribution in [0.1, 0.15) is 19.8 Å². The Hall–Kier alpha value is -2.17. The SMILES string of the molecule is CCC(=O)NNC(CC(=O)N1CCOCC1)S(=O)(=O)c1ccccc1OC. The van der Waals surface area contributed by atoms with E-state index in [0.717, 1.165) is 0 Å². The van der Waals surface area contributed by atoms with Crippen molar-refractivity contribution in [2.24, 2.45) is 0 Å². The zero-order valence-corrected chi connectivity index (χ0v) is 16.3. The van der Waals surface area contributed by atoms with Crippen molar-refractivity contribution in [3.05, 3.63) is 24.3 Å². The molecule has 0 radical (unpaired) electrons. The van der Waals surface area contributed by atoms with E-state index in [9.17, 15) is 18.0 Å². The van der Waals surface area contributed by atoms with Gasteiger partial charge in [-0.2, -0.15) is 0 Å². The summed E-state index contributed by atoms with van der Waals surface area (Å²) >= 11 is 0. The zero-order chi connectivity index (χ0) is 19.9. The number of nitrogens with zero attached hydrogens (tertiary/aromatic N) is 1. The van der Waals surface area contributed by atoms with E-state index in [0.29, 0.717) is 26.3 Å². The maximum Gasteiger partial charge on any atom is 0.233 e. The molecule has 1 aliphatic heterocycles. The highest BCUT2D eigenvalue weighted by Crippen LogP contribution is 2.27. The van der Waals surface area contributed by atoms with E-state index in [1.807, 2.05) is 0 Å². The Morgan fingerprint density at radius 2 is 1.93 bits per heavy atom. The van der Waals surface area contributed by atoms with Gasteiger partial charge in [-0.3, -0.25) is 15.0 Å². The number of morpholine rings is 1. The summed E-state index contributed by atoms with van der Waals surface area (Å²) in [4.78, 5) is 25.7.